The van der Waals surface area contributed by atoms with Crippen molar-refractivity contribution in [3.63, 3.8) is 0 Å². The molecule has 0 aliphatic rings. The molecule has 0 fully saturated rings. The van der Waals surface area contributed by atoms with Crippen LogP contribution in [0.5, 0.6) is 0 Å². The lowest BCUT2D eigenvalue weighted by atomic mass is 10.0. The van der Waals surface area contributed by atoms with E-state index in [1.807, 2.05) is 0 Å². The van der Waals surface area contributed by atoms with Crippen LogP contribution in [0.4, 0.5) is 13.2 Å². The zero-order valence-corrected chi connectivity index (χ0v) is 10.3. The third kappa shape index (κ3) is 4.17. The lowest BCUT2D eigenvalue weighted by molar-refractivity contribution is -0.207. The minimum atomic E-state index is -5.07. The fourth-order valence-corrected chi connectivity index (χ4v) is 1.04. The average Bonchev–Trinajstić information content (AvgIpc) is 2.23. The van der Waals surface area contributed by atoms with Crippen LogP contribution in [0.1, 0.15) is 26.7 Å². The van der Waals surface area contributed by atoms with E-state index < -0.39 is 23.6 Å². The molecule has 2 N–H and O–H groups in total. The Bertz CT molecular complexity index is 319. The molecular formula is C10H16F3NO4. The summed E-state index contributed by atoms with van der Waals surface area (Å²) in [5, 5.41) is 10.1. The first-order valence-electron chi connectivity index (χ1n) is 5.18. The molecule has 2 atom stereocenters. The predicted octanol–water partition coefficient (Wildman–Crippen LogP) is 1.32. The van der Waals surface area contributed by atoms with Gasteiger partial charge in [-0.1, -0.05) is 0 Å². The first-order chi connectivity index (χ1) is 8.04. The van der Waals surface area contributed by atoms with Crippen LogP contribution < -0.4 is 5.32 Å². The maximum Gasteiger partial charge on any atom is 0.422 e. The van der Waals surface area contributed by atoms with E-state index in [0.717, 1.165) is 0 Å². The van der Waals surface area contributed by atoms with Crippen LogP contribution in [0.15, 0.2) is 0 Å². The van der Waals surface area contributed by atoms with Crippen LogP contribution in [0.2, 0.25) is 0 Å². The number of carbonyl (C=O) groups excluding carboxylic acids is 1. The second-order valence-electron chi connectivity index (χ2n) is 4.06. The predicted molar refractivity (Wildman–Crippen MR) is 55.9 cm³/mol. The highest BCUT2D eigenvalue weighted by Gasteiger charge is 2.58. The lowest BCUT2D eigenvalue weighted by Gasteiger charge is -2.28. The number of amides is 1. The molecule has 0 saturated carbocycles. The number of halogens is 3. The summed E-state index contributed by atoms with van der Waals surface area (Å²) >= 11 is 0. The molecule has 0 bridgehead atoms. The van der Waals surface area contributed by atoms with Gasteiger partial charge in [0, 0.05) is 13.5 Å². The second kappa shape index (κ2) is 6.03. The number of carboxylic acids is 1. The van der Waals surface area contributed by atoms with Crippen LogP contribution >= 0.6 is 0 Å². The van der Waals surface area contributed by atoms with Crippen molar-refractivity contribution in [3.05, 3.63) is 0 Å². The Hall–Kier alpha value is -1.31. The molecule has 0 aromatic heterocycles. The molecule has 5 nitrogen and oxygen atoms in total. The Labute approximate surface area is 102 Å². The van der Waals surface area contributed by atoms with Crippen LogP contribution in [0.3, 0.4) is 0 Å². The summed E-state index contributed by atoms with van der Waals surface area (Å²) in [6, 6.07) is 0. The largest absolute Gasteiger partial charge is 0.479 e. The van der Waals surface area contributed by atoms with Gasteiger partial charge in [-0.25, -0.2) is 4.79 Å². The van der Waals surface area contributed by atoms with Crippen LogP contribution in [-0.4, -0.2) is 41.9 Å². The zero-order valence-electron chi connectivity index (χ0n) is 10.3. The van der Waals surface area contributed by atoms with Crippen molar-refractivity contribution in [1.29, 1.82) is 0 Å². The Kier molecular flexibility index (Phi) is 5.59. The molecular weight excluding hydrogens is 255 g/mol. The number of hydrogen-bond donors (Lipinski definition) is 2. The van der Waals surface area contributed by atoms with E-state index in [0.29, 0.717) is 6.92 Å². The molecule has 2 unspecified atom stereocenters. The number of rotatable bonds is 6. The van der Waals surface area contributed by atoms with E-state index in [4.69, 9.17) is 9.84 Å². The second-order valence-corrected chi connectivity index (χ2v) is 4.06. The van der Waals surface area contributed by atoms with Crippen molar-refractivity contribution < 1.29 is 32.6 Å². The number of ether oxygens (including phenoxy) is 1. The summed E-state index contributed by atoms with van der Waals surface area (Å²) in [5.74, 6) is -3.13. The SMILES string of the molecule is COC(C)CCC(=O)NC(C)(C(=O)O)C(F)(F)F. The number of nitrogens with one attached hydrogen (secondary N) is 1. The van der Waals surface area contributed by atoms with Gasteiger partial charge in [-0.15, -0.1) is 0 Å². The highest BCUT2D eigenvalue weighted by atomic mass is 19.4. The number of carbonyl (C=O) groups is 2. The fourth-order valence-electron chi connectivity index (χ4n) is 1.04. The molecule has 0 radical (unpaired) electrons. The van der Waals surface area contributed by atoms with Crippen molar-refractivity contribution in [2.24, 2.45) is 0 Å². The lowest BCUT2D eigenvalue weighted by Crippen LogP contribution is -2.61. The van der Waals surface area contributed by atoms with Gasteiger partial charge in [0.2, 0.25) is 11.4 Å². The van der Waals surface area contributed by atoms with E-state index in [1.165, 1.54) is 12.4 Å². The molecule has 0 aliphatic heterocycles. The smallest absolute Gasteiger partial charge is 0.422 e. The van der Waals surface area contributed by atoms with Gasteiger partial charge < -0.3 is 15.2 Å². The zero-order chi connectivity index (χ0) is 14.6. The number of carboxylic acid groups (broad SMARTS) is 1. The van der Waals surface area contributed by atoms with Gasteiger partial charge >= 0.3 is 12.1 Å². The van der Waals surface area contributed by atoms with E-state index >= 15 is 0 Å². The molecule has 0 aliphatic carbocycles. The van der Waals surface area contributed by atoms with E-state index in [1.54, 1.807) is 6.92 Å². The normalized spacial score (nSPS) is 16.8. The highest BCUT2D eigenvalue weighted by molar-refractivity contribution is 5.87. The quantitative estimate of drug-likeness (QED) is 0.764. The molecule has 0 aromatic carbocycles. The molecule has 106 valence electrons. The molecule has 0 saturated heterocycles. The van der Waals surface area contributed by atoms with E-state index in [-0.39, 0.29) is 18.9 Å². The monoisotopic (exact) mass is 271 g/mol. The van der Waals surface area contributed by atoms with Crippen molar-refractivity contribution >= 4 is 11.9 Å². The van der Waals surface area contributed by atoms with E-state index in [2.05, 4.69) is 0 Å². The van der Waals surface area contributed by atoms with Gasteiger partial charge in [-0.2, -0.15) is 13.2 Å². The van der Waals surface area contributed by atoms with Crippen molar-refractivity contribution in [1.82, 2.24) is 5.32 Å². The van der Waals surface area contributed by atoms with Crippen LogP contribution in [0, 0.1) is 0 Å². The summed E-state index contributed by atoms with van der Waals surface area (Å²) in [5.41, 5.74) is -3.28. The third-order valence-electron chi connectivity index (χ3n) is 2.56. The summed E-state index contributed by atoms with van der Waals surface area (Å²) in [6.07, 6.45) is -5.40. The number of alkyl halides is 3. The van der Waals surface area contributed by atoms with Gasteiger partial charge in [-0.3, -0.25) is 4.79 Å². The van der Waals surface area contributed by atoms with Crippen molar-refractivity contribution in [3.8, 4) is 0 Å². The Morgan fingerprint density at radius 3 is 2.22 bits per heavy atom. The Morgan fingerprint density at radius 1 is 1.39 bits per heavy atom. The first-order valence-corrected chi connectivity index (χ1v) is 5.18. The maximum absolute atomic E-state index is 12.6. The molecule has 0 heterocycles. The van der Waals surface area contributed by atoms with Gasteiger partial charge in [0.05, 0.1) is 6.10 Å². The summed E-state index contributed by atoms with van der Waals surface area (Å²) in [6.45, 7) is 2.06. The first kappa shape index (κ1) is 16.7. The average molecular weight is 271 g/mol. The molecule has 0 rings (SSSR count). The molecule has 0 aromatic rings. The van der Waals surface area contributed by atoms with Gasteiger partial charge in [0.25, 0.3) is 0 Å². The number of methoxy groups -OCH3 is 1. The molecule has 0 spiro atoms. The highest BCUT2D eigenvalue weighted by Crippen LogP contribution is 2.30. The van der Waals surface area contributed by atoms with Crippen molar-refractivity contribution in [2.75, 3.05) is 7.11 Å². The van der Waals surface area contributed by atoms with Gasteiger partial charge in [0.1, 0.15) is 0 Å². The standard InChI is InChI=1S/C10H16F3NO4/c1-6(18-3)4-5-7(15)14-9(2,8(16)17)10(11,12)13/h6H,4-5H2,1-3H3,(H,14,15)(H,16,17). The third-order valence-corrected chi connectivity index (χ3v) is 2.56. The topological polar surface area (TPSA) is 75.6 Å². The maximum atomic E-state index is 12.6. The van der Waals surface area contributed by atoms with Crippen molar-refractivity contribution in [2.45, 2.75) is 44.5 Å². The van der Waals surface area contributed by atoms with Gasteiger partial charge in [-0.05, 0) is 20.3 Å². The number of hydrogen-bond acceptors (Lipinski definition) is 3. The fraction of sp³-hybridized carbons (Fsp3) is 0.800. The molecule has 1 amide bonds. The van der Waals surface area contributed by atoms with E-state index in [9.17, 15) is 22.8 Å². The summed E-state index contributed by atoms with van der Waals surface area (Å²) in [4.78, 5) is 21.9. The summed E-state index contributed by atoms with van der Waals surface area (Å²) < 4.78 is 42.5. The van der Waals surface area contributed by atoms with Gasteiger partial charge in [0.15, 0.2) is 0 Å². The minimum absolute atomic E-state index is 0.204. The van der Waals surface area contributed by atoms with Crippen LogP contribution in [0.25, 0.3) is 0 Å². The molecule has 18 heavy (non-hydrogen) atoms. The van der Waals surface area contributed by atoms with Crippen LogP contribution in [-0.2, 0) is 14.3 Å². The Morgan fingerprint density at radius 2 is 1.89 bits per heavy atom. The Balaban J connectivity index is 4.63. The summed E-state index contributed by atoms with van der Waals surface area (Å²) in [7, 11) is 1.40. The number of aliphatic carboxylic acids is 1. The minimum Gasteiger partial charge on any atom is -0.479 e. The molecule has 8 heteroatoms.